The number of aromatic carboxylic acids is 1. The molecule has 2 aromatic rings. The highest BCUT2D eigenvalue weighted by Crippen LogP contribution is 2.06. The van der Waals surface area contributed by atoms with E-state index in [1.807, 2.05) is 13.0 Å². The fourth-order valence-electron chi connectivity index (χ4n) is 0.961. The first kappa shape index (κ1) is 13.2. The predicted molar refractivity (Wildman–Crippen MR) is 67.4 cm³/mol. The van der Waals surface area contributed by atoms with E-state index in [4.69, 9.17) is 5.11 Å². The molecule has 0 unspecified atom stereocenters. The van der Waals surface area contributed by atoms with Crippen molar-refractivity contribution in [1.29, 1.82) is 0 Å². The second-order valence-electron chi connectivity index (χ2n) is 3.20. The highest BCUT2D eigenvalue weighted by Gasteiger charge is 1.98. The summed E-state index contributed by atoms with van der Waals surface area (Å²) in [5, 5.41) is 8.45. The number of hydrogen-bond donors (Lipinski definition) is 2. The van der Waals surface area contributed by atoms with Gasteiger partial charge in [-0.15, -0.1) is 12.6 Å². The van der Waals surface area contributed by atoms with E-state index in [0.29, 0.717) is 0 Å². The Labute approximate surface area is 105 Å². The summed E-state index contributed by atoms with van der Waals surface area (Å²) in [4.78, 5) is 18.7. The van der Waals surface area contributed by atoms with Gasteiger partial charge in [0.25, 0.3) is 0 Å². The lowest BCUT2D eigenvalue weighted by Crippen LogP contribution is -1.94. The van der Waals surface area contributed by atoms with Gasteiger partial charge in [-0.05, 0) is 37.3 Å². The molecule has 0 radical (unpaired) electrons. The molecule has 0 aliphatic heterocycles. The average molecular weight is 248 g/mol. The van der Waals surface area contributed by atoms with Crippen molar-refractivity contribution in [3.05, 3.63) is 54.1 Å². The van der Waals surface area contributed by atoms with Crippen LogP contribution < -0.4 is 0 Å². The van der Waals surface area contributed by atoms with Crippen molar-refractivity contribution in [3.8, 4) is 0 Å². The maximum Gasteiger partial charge on any atom is 0.335 e. The molecular weight excluding hydrogens is 236 g/mol. The van der Waals surface area contributed by atoms with Gasteiger partial charge in [0.1, 0.15) is 6.33 Å². The Bertz CT molecular complexity index is 472. The monoisotopic (exact) mass is 248 g/mol. The fourth-order valence-corrected chi connectivity index (χ4v) is 1.11. The summed E-state index contributed by atoms with van der Waals surface area (Å²) < 4.78 is 0. The van der Waals surface area contributed by atoms with Gasteiger partial charge in [-0.2, -0.15) is 0 Å². The molecular formula is C12H12N2O2S. The topological polar surface area (TPSA) is 63.1 Å². The van der Waals surface area contributed by atoms with Gasteiger partial charge in [0.2, 0.25) is 0 Å². The molecule has 0 aliphatic rings. The molecule has 0 saturated heterocycles. The van der Waals surface area contributed by atoms with E-state index in [0.717, 1.165) is 10.6 Å². The molecule has 0 aliphatic carbocycles. The van der Waals surface area contributed by atoms with Gasteiger partial charge >= 0.3 is 5.97 Å². The van der Waals surface area contributed by atoms with Crippen LogP contribution in [0.15, 0.2) is 47.8 Å². The van der Waals surface area contributed by atoms with Crippen molar-refractivity contribution in [2.45, 2.75) is 11.8 Å². The summed E-state index contributed by atoms with van der Waals surface area (Å²) in [6, 6.07) is 8.19. The number of nitrogens with zero attached hydrogens (tertiary/aromatic N) is 2. The van der Waals surface area contributed by atoms with Crippen molar-refractivity contribution in [2.24, 2.45) is 0 Å². The standard InChI is InChI=1S/C7H6O2S.C5H6N2/c8-7(9)5-1-3-6(10)4-2-5;1-5-2-3-6-4-7-5/h1-4,10H,(H,8,9);2-4H,1H3. The molecule has 17 heavy (non-hydrogen) atoms. The second kappa shape index (κ2) is 6.65. The maximum atomic E-state index is 10.3. The Morgan fingerprint density at radius 2 is 1.88 bits per heavy atom. The molecule has 88 valence electrons. The zero-order chi connectivity index (χ0) is 12.7. The van der Waals surface area contributed by atoms with Gasteiger partial charge in [-0.25, -0.2) is 14.8 Å². The molecule has 1 heterocycles. The first-order valence-electron chi connectivity index (χ1n) is 4.84. The van der Waals surface area contributed by atoms with Gasteiger partial charge < -0.3 is 5.11 Å². The number of aryl methyl sites for hydroxylation is 1. The van der Waals surface area contributed by atoms with Crippen LogP contribution in [0.4, 0.5) is 0 Å². The third-order valence-electron chi connectivity index (χ3n) is 1.84. The van der Waals surface area contributed by atoms with Crippen LogP contribution in [0.3, 0.4) is 0 Å². The van der Waals surface area contributed by atoms with Crippen molar-refractivity contribution in [2.75, 3.05) is 0 Å². The van der Waals surface area contributed by atoms with E-state index in [2.05, 4.69) is 22.6 Å². The molecule has 4 nitrogen and oxygen atoms in total. The minimum Gasteiger partial charge on any atom is -0.478 e. The first-order chi connectivity index (χ1) is 8.09. The molecule has 0 atom stereocenters. The lowest BCUT2D eigenvalue weighted by Gasteiger charge is -1.92. The number of hydrogen-bond acceptors (Lipinski definition) is 4. The number of carboxylic acid groups (broad SMARTS) is 1. The van der Waals surface area contributed by atoms with E-state index in [1.54, 1.807) is 18.3 Å². The van der Waals surface area contributed by atoms with Gasteiger partial charge in [0, 0.05) is 16.8 Å². The Kier molecular flexibility index (Phi) is 5.16. The molecule has 0 amide bonds. The molecule has 1 aromatic carbocycles. The Hall–Kier alpha value is -1.88. The van der Waals surface area contributed by atoms with Crippen LogP contribution in [0.25, 0.3) is 0 Å². The third kappa shape index (κ3) is 5.12. The highest BCUT2D eigenvalue weighted by molar-refractivity contribution is 7.80. The first-order valence-corrected chi connectivity index (χ1v) is 5.29. The minimum absolute atomic E-state index is 0.290. The maximum absolute atomic E-state index is 10.3. The predicted octanol–water partition coefficient (Wildman–Crippen LogP) is 2.46. The Morgan fingerprint density at radius 1 is 1.24 bits per heavy atom. The molecule has 1 N–H and O–H groups in total. The average Bonchev–Trinajstić information content (AvgIpc) is 2.31. The van der Waals surface area contributed by atoms with Crippen LogP contribution in [0, 0.1) is 6.92 Å². The van der Waals surface area contributed by atoms with Crippen molar-refractivity contribution in [1.82, 2.24) is 9.97 Å². The summed E-state index contributed by atoms with van der Waals surface area (Å²) in [6.45, 7) is 1.93. The lowest BCUT2D eigenvalue weighted by molar-refractivity contribution is 0.0697. The Morgan fingerprint density at radius 3 is 2.24 bits per heavy atom. The molecule has 0 fully saturated rings. The van der Waals surface area contributed by atoms with Crippen LogP contribution in [-0.4, -0.2) is 21.0 Å². The van der Waals surface area contributed by atoms with Gasteiger partial charge in [-0.1, -0.05) is 0 Å². The summed E-state index contributed by atoms with van der Waals surface area (Å²) in [5.74, 6) is -0.909. The number of carbonyl (C=O) groups is 1. The van der Waals surface area contributed by atoms with Crippen LogP contribution in [-0.2, 0) is 0 Å². The lowest BCUT2D eigenvalue weighted by atomic mass is 10.2. The number of benzene rings is 1. The molecule has 5 heteroatoms. The SMILES string of the molecule is Cc1ccncn1.O=C(O)c1ccc(S)cc1. The minimum atomic E-state index is -0.909. The van der Waals surface area contributed by atoms with E-state index in [1.165, 1.54) is 18.5 Å². The summed E-state index contributed by atoms with van der Waals surface area (Å²) in [5.41, 5.74) is 1.30. The van der Waals surface area contributed by atoms with Crippen LogP contribution in [0.1, 0.15) is 16.1 Å². The van der Waals surface area contributed by atoms with Gasteiger partial charge in [-0.3, -0.25) is 0 Å². The van der Waals surface area contributed by atoms with Crippen molar-refractivity contribution < 1.29 is 9.90 Å². The zero-order valence-electron chi connectivity index (χ0n) is 9.24. The fraction of sp³-hybridized carbons (Fsp3) is 0.0833. The van der Waals surface area contributed by atoms with Crippen molar-refractivity contribution >= 4 is 18.6 Å². The van der Waals surface area contributed by atoms with Crippen molar-refractivity contribution in [3.63, 3.8) is 0 Å². The van der Waals surface area contributed by atoms with E-state index in [-0.39, 0.29) is 5.56 Å². The van der Waals surface area contributed by atoms with Crippen LogP contribution in [0.2, 0.25) is 0 Å². The molecule has 2 rings (SSSR count). The van der Waals surface area contributed by atoms with Crippen LogP contribution >= 0.6 is 12.6 Å². The van der Waals surface area contributed by atoms with E-state index < -0.39 is 5.97 Å². The third-order valence-corrected chi connectivity index (χ3v) is 2.14. The van der Waals surface area contributed by atoms with Gasteiger partial charge in [0.05, 0.1) is 5.56 Å². The highest BCUT2D eigenvalue weighted by atomic mass is 32.1. The number of rotatable bonds is 1. The van der Waals surface area contributed by atoms with Crippen LogP contribution in [0.5, 0.6) is 0 Å². The summed E-state index contributed by atoms with van der Waals surface area (Å²) in [7, 11) is 0. The molecule has 1 aromatic heterocycles. The smallest absolute Gasteiger partial charge is 0.335 e. The van der Waals surface area contributed by atoms with Gasteiger partial charge in [0.15, 0.2) is 0 Å². The molecule has 0 spiro atoms. The molecule has 0 saturated carbocycles. The number of thiol groups is 1. The number of aromatic nitrogens is 2. The number of carboxylic acids is 1. The summed E-state index contributed by atoms with van der Waals surface area (Å²) in [6.07, 6.45) is 3.26. The largest absolute Gasteiger partial charge is 0.478 e. The Balaban J connectivity index is 0.000000181. The van der Waals surface area contributed by atoms with E-state index >= 15 is 0 Å². The zero-order valence-corrected chi connectivity index (χ0v) is 10.1. The summed E-state index contributed by atoms with van der Waals surface area (Å²) >= 11 is 4.01. The molecule has 0 bridgehead atoms. The quantitative estimate of drug-likeness (QED) is 0.761. The van der Waals surface area contributed by atoms with E-state index in [9.17, 15) is 4.79 Å². The second-order valence-corrected chi connectivity index (χ2v) is 3.72. The normalized spacial score (nSPS) is 9.06.